The maximum atomic E-state index is 11.0. The molecule has 2 aromatic rings. The molecule has 2 rings (SSSR count). The van der Waals surface area contributed by atoms with E-state index in [2.05, 4.69) is 14.9 Å². The highest BCUT2D eigenvalue weighted by Crippen LogP contribution is 2.12. The Morgan fingerprint density at radius 2 is 2.12 bits per heavy atom. The summed E-state index contributed by atoms with van der Waals surface area (Å²) >= 11 is 0. The Labute approximate surface area is 97.4 Å². The van der Waals surface area contributed by atoms with E-state index in [4.69, 9.17) is 5.11 Å². The van der Waals surface area contributed by atoms with Crippen LogP contribution in [-0.4, -0.2) is 33.2 Å². The molecule has 1 heterocycles. The van der Waals surface area contributed by atoms with Crippen molar-refractivity contribution in [1.82, 2.24) is 15.0 Å². The fourth-order valence-electron chi connectivity index (χ4n) is 1.31. The average molecular weight is 233 g/mol. The lowest BCUT2D eigenvalue weighted by atomic mass is 10.3. The molecule has 88 valence electrons. The van der Waals surface area contributed by atoms with E-state index in [1.165, 1.54) is 18.1 Å². The van der Waals surface area contributed by atoms with Gasteiger partial charge >= 0.3 is 5.97 Å². The second-order valence-corrected chi connectivity index (χ2v) is 3.39. The molecule has 0 spiro atoms. The number of phenolic OH excluding ortho intramolecular Hbond substituents is 1. The quantitative estimate of drug-likeness (QED) is 0.789. The third kappa shape index (κ3) is 2.60. The zero-order valence-corrected chi connectivity index (χ0v) is 9.20. The minimum absolute atomic E-state index is 0.0918. The van der Waals surface area contributed by atoms with E-state index in [1.54, 1.807) is 24.3 Å². The van der Waals surface area contributed by atoms with Gasteiger partial charge in [0.1, 0.15) is 5.75 Å². The minimum Gasteiger partial charge on any atom is -0.508 e. The van der Waals surface area contributed by atoms with Crippen LogP contribution in [0, 0.1) is 0 Å². The van der Waals surface area contributed by atoms with Gasteiger partial charge in [-0.1, -0.05) is 0 Å². The molecular formula is C11H11N3O3. The van der Waals surface area contributed by atoms with Gasteiger partial charge in [0.2, 0.25) is 0 Å². The molecule has 0 radical (unpaired) electrons. The molecule has 6 heteroatoms. The lowest BCUT2D eigenvalue weighted by Crippen LogP contribution is -2.06. The highest BCUT2D eigenvalue weighted by molar-refractivity contribution is 5.71. The van der Waals surface area contributed by atoms with Crippen LogP contribution in [-0.2, 0) is 16.0 Å². The smallest absolute Gasteiger partial charge is 0.311 e. The van der Waals surface area contributed by atoms with Crippen molar-refractivity contribution in [2.24, 2.45) is 0 Å². The van der Waals surface area contributed by atoms with Gasteiger partial charge in [-0.15, -0.1) is 0 Å². The number of carbonyl (C=O) groups excluding carboxylic acids is 1. The number of ether oxygens (including phenoxy) is 1. The molecule has 1 aromatic heterocycles. The Hall–Kier alpha value is -2.37. The molecule has 0 amide bonds. The van der Waals surface area contributed by atoms with Gasteiger partial charge in [0, 0.05) is 0 Å². The van der Waals surface area contributed by atoms with E-state index >= 15 is 0 Å². The molecule has 1 aromatic carbocycles. The van der Waals surface area contributed by atoms with E-state index < -0.39 is 0 Å². The zero-order valence-electron chi connectivity index (χ0n) is 9.20. The van der Waals surface area contributed by atoms with E-state index in [0.29, 0.717) is 11.4 Å². The lowest BCUT2D eigenvalue weighted by molar-refractivity contribution is -0.139. The highest BCUT2D eigenvalue weighted by Gasteiger charge is 2.08. The molecule has 0 bridgehead atoms. The van der Waals surface area contributed by atoms with Gasteiger partial charge in [-0.05, 0) is 24.3 Å². The van der Waals surface area contributed by atoms with Crippen molar-refractivity contribution < 1.29 is 14.6 Å². The predicted molar refractivity (Wildman–Crippen MR) is 58.7 cm³/mol. The van der Waals surface area contributed by atoms with Crippen LogP contribution in [0.3, 0.4) is 0 Å². The standard InChI is InChI=1S/C11H11N3O3/c1-17-11(16)6-8-7-12-14(13-8)9-2-4-10(15)5-3-9/h2-5,7,15H,6H2,1H3. The summed E-state index contributed by atoms with van der Waals surface area (Å²) < 4.78 is 4.54. The van der Waals surface area contributed by atoms with Crippen LogP contribution in [0.25, 0.3) is 5.69 Å². The lowest BCUT2D eigenvalue weighted by Gasteiger charge is -1.99. The van der Waals surface area contributed by atoms with Gasteiger partial charge in [-0.2, -0.15) is 15.0 Å². The normalized spacial score (nSPS) is 10.2. The van der Waals surface area contributed by atoms with Crippen LogP contribution in [0.15, 0.2) is 30.5 Å². The van der Waals surface area contributed by atoms with Gasteiger partial charge in [-0.25, -0.2) is 0 Å². The van der Waals surface area contributed by atoms with Gasteiger partial charge in [0.05, 0.1) is 31.1 Å². The molecule has 0 saturated carbocycles. The summed E-state index contributed by atoms with van der Waals surface area (Å²) in [7, 11) is 1.33. The van der Waals surface area contributed by atoms with Crippen molar-refractivity contribution >= 4 is 5.97 Å². The van der Waals surface area contributed by atoms with E-state index in [0.717, 1.165) is 0 Å². The summed E-state index contributed by atoms with van der Waals surface area (Å²) in [5, 5.41) is 17.3. The summed E-state index contributed by atoms with van der Waals surface area (Å²) in [4.78, 5) is 12.4. The molecule has 17 heavy (non-hydrogen) atoms. The maximum absolute atomic E-state index is 11.0. The van der Waals surface area contributed by atoms with Crippen LogP contribution in [0.5, 0.6) is 5.75 Å². The van der Waals surface area contributed by atoms with Crippen molar-refractivity contribution in [3.05, 3.63) is 36.2 Å². The highest BCUT2D eigenvalue weighted by atomic mass is 16.5. The summed E-state index contributed by atoms with van der Waals surface area (Å²) in [6.07, 6.45) is 1.60. The Morgan fingerprint density at radius 3 is 2.76 bits per heavy atom. The van der Waals surface area contributed by atoms with Crippen LogP contribution in [0.4, 0.5) is 0 Å². The molecule has 0 saturated heterocycles. The molecule has 0 atom stereocenters. The third-order valence-electron chi connectivity index (χ3n) is 2.17. The van der Waals surface area contributed by atoms with Crippen molar-refractivity contribution in [3.8, 4) is 11.4 Å². The number of hydrogen-bond acceptors (Lipinski definition) is 5. The Morgan fingerprint density at radius 1 is 1.41 bits per heavy atom. The maximum Gasteiger partial charge on any atom is 0.311 e. The molecule has 6 nitrogen and oxygen atoms in total. The van der Waals surface area contributed by atoms with Crippen molar-refractivity contribution in [3.63, 3.8) is 0 Å². The summed E-state index contributed by atoms with van der Waals surface area (Å²) in [5.41, 5.74) is 1.24. The number of phenols is 1. The number of hydrogen-bond donors (Lipinski definition) is 1. The molecule has 0 aliphatic carbocycles. The number of benzene rings is 1. The van der Waals surface area contributed by atoms with Crippen LogP contribution >= 0.6 is 0 Å². The van der Waals surface area contributed by atoms with Crippen LogP contribution in [0.2, 0.25) is 0 Å². The van der Waals surface area contributed by atoms with Gasteiger partial charge in [0.25, 0.3) is 0 Å². The van der Waals surface area contributed by atoms with E-state index in [9.17, 15) is 4.79 Å². The summed E-state index contributed by atoms with van der Waals surface area (Å²) in [6.45, 7) is 0. The van der Waals surface area contributed by atoms with E-state index in [-0.39, 0.29) is 18.1 Å². The van der Waals surface area contributed by atoms with Gasteiger partial charge < -0.3 is 9.84 Å². The molecule has 0 aliphatic heterocycles. The Bertz CT molecular complexity index is 519. The van der Waals surface area contributed by atoms with Gasteiger partial charge in [0.15, 0.2) is 0 Å². The topological polar surface area (TPSA) is 77.2 Å². The van der Waals surface area contributed by atoms with Crippen molar-refractivity contribution in [2.45, 2.75) is 6.42 Å². The average Bonchev–Trinajstić information content (AvgIpc) is 2.78. The van der Waals surface area contributed by atoms with Crippen molar-refractivity contribution in [2.75, 3.05) is 7.11 Å². The summed E-state index contributed by atoms with van der Waals surface area (Å²) in [5.74, 6) is -0.182. The number of nitrogens with zero attached hydrogens (tertiary/aromatic N) is 3. The number of aromatic nitrogens is 3. The van der Waals surface area contributed by atoms with Crippen molar-refractivity contribution in [1.29, 1.82) is 0 Å². The Kier molecular flexibility index (Phi) is 3.04. The molecular weight excluding hydrogens is 222 g/mol. The fraction of sp³-hybridized carbons (Fsp3) is 0.182. The predicted octanol–water partition coefficient (Wildman–Crippen LogP) is 0.688. The first kappa shape index (κ1) is 11.1. The number of carbonyl (C=O) groups is 1. The summed E-state index contributed by atoms with van der Waals surface area (Å²) in [6, 6.07) is 6.44. The van der Waals surface area contributed by atoms with Crippen LogP contribution < -0.4 is 0 Å². The van der Waals surface area contributed by atoms with Crippen LogP contribution in [0.1, 0.15) is 5.69 Å². The molecule has 0 fully saturated rings. The first-order chi connectivity index (χ1) is 8.19. The monoisotopic (exact) mass is 233 g/mol. The molecule has 0 aliphatic rings. The second-order valence-electron chi connectivity index (χ2n) is 3.39. The minimum atomic E-state index is -0.359. The Balaban J connectivity index is 2.18. The first-order valence-corrected chi connectivity index (χ1v) is 4.96. The SMILES string of the molecule is COC(=O)Cc1cnn(-c2ccc(O)cc2)n1. The molecule has 0 unspecified atom stereocenters. The second kappa shape index (κ2) is 4.65. The van der Waals surface area contributed by atoms with Gasteiger partial charge in [-0.3, -0.25) is 4.79 Å². The number of aromatic hydroxyl groups is 1. The third-order valence-corrected chi connectivity index (χ3v) is 2.17. The first-order valence-electron chi connectivity index (χ1n) is 4.96. The molecule has 1 N–H and O–H groups in total. The van der Waals surface area contributed by atoms with E-state index in [1.807, 2.05) is 0 Å². The fourth-order valence-corrected chi connectivity index (χ4v) is 1.31. The number of methoxy groups -OCH3 is 1. The zero-order chi connectivity index (χ0) is 12.3. The number of esters is 1. The largest absolute Gasteiger partial charge is 0.508 e. The number of rotatable bonds is 3.